The predicted molar refractivity (Wildman–Crippen MR) is 41.8 cm³/mol. The molecule has 1 aliphatic rings. The molecule has 1 heterocycles. The Morgan fingerprint density at radius 2 is 2.00 bits per heavy atom. The average Bonchev–Trinajstić information content (AvgIpc) is 2.06. The molecule has 12 heavy (non-hydrogen) atoms. The van der Waals surface area contributed by atoms with Crippen molar-refractivity contribution in [3.8, 4) is 0 Å². The third kappa shape index (κ3) is 1.76. The van der Waals surface area contributed by atoms with E-state index in [1.807, 2.05) is 0 Å². The van der Waals surface area contributed by atoms with Crippen LogP contribution in [0.4, 0.5) is 0 Å². The first kappa shape index (κ1) is 9.48. The Morgan fingerprint density at radius 3 is 2.42 bits per heavy atom. The summed E-state index contributed by atoms with van der Waals surface area (Å²) in [6, 6.07) is 0. The quantitative estimate of drug-likeness (QED) is 0.643. The Hall–Kier alpha value is -0.610. The highest BCUT2D eigenvalue weighted by Crippen LogP contribution is 2.33. The average molecular weight is 174 g/mol. The Labute approximate surface area is 71.2 Å². The zero-order valence-electron chi connectivity index (χ0n) is 6.95. The second-order valence-corrected chi connectivity index (χ2v) is 3.17. The molecule has 0 aromatic heterocycles. The van der Waals surface area contributed by atoms with Crippen LogP contribution in [0.25, 0.3) is 0 Å². The second kappa shape index (κ2) is 3.87. The van der Waals surface area contributed by atoms with Gasteiger partial charge in [0, 0.05) is 19.8 Å². The summed E-state index contributed by atoms with van der Waals surface area (Å²) in [5, 5.41) is 17.7. The number of carboxylic acids is 1. The van der Waals surface area contributed by atoms with Gasteiger partial charge in [0.15, 0.2) is 0 Å². The number of aliphatic carboxylic acids is 1. The molecule has 0 aliphatic carbocycles. The number of aliphatic hydroxyl groups excluding tert-OH is 1. The third-order valence-electron chi connectivity index (χ3n) is 2.49. The maximum Gasteiger partial charge on any atom is 0.309 e. The first-order valence-corrected chi connectivity index (χ1v) is 4.13. The van der Waals surface area contributed by atoms with Crippen LogP contribution in [0.5, 0.6) is 0 Å². The molecule has 1 saturated heterocycles. The summed E-state index contributed by atoms with van der Waals surface area (Å²) in [6.45, 7) is 0.922. The molecule has 0 aromatic rings. The molecule has 0 radical (unpaired) electrons. The molecule has 4 nitrogen and oxygen atoms in total. The number of carbonyl (C=O) groups is 1. The van der Waals surface area contributed by atoms with Gasteiger partial charge in [-0.1, -0.05) is 0 Å². The van der Waals surface area contributed by atoms with Crippen molar-refractivity contribution in [1.29, 1.82) is 0 Å². The van der Waals surface area contributed by atoms with Gasteiger partial charge in [0.05, 0.1) is 5.41 Å². The van der Waals surface area contributed by atoms with E-state index in [-0.39, 0.29) is 6.61 Å². The number of rotatable bonds is 3. The van der Waals surface area contributed by atoms with Crippen molar-refractivity contribution in [2.24, 2.45) is 5.41 Å². The van der Waals surface area contributed by atoms with E-state index >= 15 is 0 Å². The zero-order chi connectivity index (χ0) is 9.03. The lowest BCUT2D eigenvalue weighted by molar-refractivity contribution is -0.156. The minimum Gasteiger partial charge on any atom is -0.481 e. The second-order valence-electron chi connectivity index (χ2n) is 3.17. The fourth-order valence-electron chi connectivity index (χ4n) is 1.55. The van der Waals surface area contributed by atoms with Gasteiger partial charge in [-0.3, -0.25) is 4.79 Å². The highest BCUT2D eigenvalue weighted by Gasteiger charge is 2.39. The molecule has 2 N–H and O–H groups in total. The van der Waals surface area contributed by atoms with Gasteiger partial charge < -0.3 is 14.9 Å². The van der Waals surface area contributed by atoms with Crippen molar-refractivity contribution in [2.75, 3.05) is 19.8 Å². The number of carboxylic acid groups (broad SMARTS) is 1. The predicted octanol–water partition coefficient (Wildman–Crippen LogP) is 0.250. The van der Waals surface area contributed by atoms with Gasteiger partial charge in [0.25, 0.3) is 0 Å². The first-order chi connectivity index (χ1) is 5.71. The SMILES string of the molecule is O=C(O)C1(CCO)CCOCC1. The van der Waals surface area contributed by atoms with E-state index < -0.39 is 11.4 Å². The van der Waals surface area contributed by atoms with E-state index in [1.165, 1.54) is 0 Å². The number of ether oxygens (including phenoxy) is 1. The topological polar surface area (TPSA) is 66.8 Å². The monoisotopic (exact) mass is 174 g/mol. The summed E-state index contributed by atoms with van der Waals surface area (Å²) in [5.74, 6) is -0.806. The van der Waals surface area contributed by atoms with E-state index in [9.17, 15) is 4.79 Å². The molecule has 4 heteroatoms. The molecule has 1 rings (SSSR count). The van der Waals surface area contributed by atoms with Gasteiger partial charge in [0.2, 0.25) is 0 Å². The lowest BCUT2D eigenvalue weighted by atomic mass is 9.78. The molecule has 1 fully saturated rings. The smallest absolute Gasteiger partial charge is 0.309 e. The van der Waals surface area contributed by atoms with Crippen LogP contribution in [0.2, 0.25) is 0 Å². The third-order valence-corrected chi connectivity index (χ3v) is 2.49. The van der Waals surface area contributed by atoms with E-state index in [1.54, 1.807) is 0 Å². The number of hydrogen-bond acceptors (Lipinski definition) is 3. The van der Waals surface area contributed by atoms with E-state index in [4.69, 9.17) is 14.9 Å². The van der Waals surface area contributed by atoms with E-state index in [0.29, 0.717) is 32.5 Å². The molecular weight excluding hydrogens is 160 g/mol. The Kier molecular flexibility index (Phi) is 3.05. The van der Waals surface area contributed by atoms with Crippen molar-refractivity contribution in [3.63, 3.8) is 0 Å². The Balaban J connectivity index is 2.63. The van der Waals surface area contributed by atoms with Crippen molar-refractivity contribution < 1.29 is 19.7 Å². The molecular formula is C8H14O4. The highest BCUT2D eigenvalue weighted by molar-refractivity contribution is 5.74. The molecule has 0 spiro atoms. The van der Waals surface area contributed by atoms with Crippen molar-refractivity contribution >= 4 is 5.97 Å². The molecule has 70 valence electrons. The van der Waals surface area contributed by atoms with Crippen molar-refractivity contribution in [3.05, 3.63) is 0 Å². The number of hydrogen-bond donors (Lipinski definition) is 2. The standard InChI is InChI=1S/C8H14O4/c9-4-1-8(7(10)11)2-5-12-6-3-8/h9H,1-6H2,(H,10,11). The van der Waals surface area contributed by atoms with Crippen molar-refractivity contribution in [1.82, 2.24) is 0 Å². The van der Waals surface area contributed by atoms with Crippen LogP contribution in [-0.2, 0) is 9.53 Å². The molecule has 0 atom stereocenters. The minimum atomic E-state index is -0.806. The molecule has 0 unspecified atom stereocenters. The van der Waals surface area contributed by atoms with Crippen LogP contribution in [-0.4, -0.2) is 36.0 Å². The zero-order valence-corrected chi connectivity index (χ0v) is 6.95. The fourth-order valence-corrected chi connectivity index (χ4v) is 1.55. The van der Waals surface area contributed by atoms with E-state index in [2.05, 4.69) is 0 Å². The highest BCUT2D eigenvalue weighted by atomic mass is 16.5. The summed E-state index contributed by atoms with van der Waals surface area (Å²) in [4.78, 5) is 10.9. The van der Waals surface area contributed by atoms with Crippen LogP contribution in [0.15, 0.2) is 0 Å². The Bertz CT molecular complexity index is 155. The van der Waals surface area contributed by atoms with Crippen LogP contribution in [0.1, 0.15) is 19.3 Å². The van der Waals surface area contributed by atoms with Crippen LogP contribution in [0.3, 0.4) is 0 Å². The summed E-state index contributed by atoms with van der Waals surface area (Å²) in [7, 11) is 0. The number of aliphatic hydroxyl groups is 1. The molecule has 0 amide bonds. The molecule has 1 aliphatic heterocycles. The minimum absolute atomic E-state index is 0.0632. The van der Waals surface area contributed by atoms with Crippen LogP contribution >= 0.6 is 0 Å². The van der Waals surface area contributed by atoms with Gasteiger partial charge in [0.1, 0.15) is 0 Å². The molecule has 0 bridgehead atoms. The summed E-state index contributed by atoms with van der Waals surface area (Å²) in [5.41, 5.74) is -0.729. The van der Waals surface area contributed by atoms with Gasteiger partial charge in [-0.05, 0) is 19.3 Å². The molecule has 0 saturated carbocycles. The molecule has 0 aromatic carbocycles. The summed E-state index contributed by atoms with van der Waals surface area (Å²) in [6.07, 6.45) is 1.37. The van der Waals surface area contributed by atoms with Gasteiger partial charge >= 0.3 is 5.97 Å². The maximum atomic E-state index is 10.9. The van der Waals surface area contributed by atoms with Crippen LogP contribution in [0, 0.1) is 5.41 Å². The summed E-state index contributed by atoms with van der Waals surface area (Å²) >= 11 is 0. The normalized spacial score (nSPS) is 22.1. The fraction of sp³-hybridized carbons (Fsp3) is 0.875. The van der Waals surface area contributed by atoms with E-state index in [0.717, 1.165) is 0 Å². The van der Waals surface area contributed by atoms with Crippen molar-refractivity contribution in [2.45, 2.75) is 19.3 Å². The van der Waals surface area contributed by atoms with Gasteiger partial charge in [-0.25, -0.2) is 0 Å². The lowest BCUT2D eigenvalue weighted by Crippen LogP contribution is -2.37. The summed E-state index contributed by atoms with van der Waals surface area (Å²) < 4.78 is 5.08. The van der Waals surface area contributed by atoms with Gasteiger partial charge in [-0.2, -0.15) is 0 Å². The largest absolute Gasteiger partial charge is 0.481 e. The Morgan fingerprint density at radius 1 is 1.42 bits per heavy atom. The lowest BCUT2D eigenvalue weighted by Gasteiger charge is -2.32. The first-order valence-electron chi connectivity index (χ1n) is 4.13. The van der Waals surface area contributed by atoms with Crippen LogP contribution < -0.4 is 0 Å². The van der Waals surface area contributed by atoms with Gasteiger partial charge in [-0.15, -0.1) is 0 Å². The maximum absolute atomic E-state index is 10.9.